The number of nitrogens with one attached hydrogen (secondary N) is 2. The van der Waals surface area contributed by atoms with Crippen LogP contribution in [0.25, 0.3) is 0 Å². The Morgan fingerprint density at radius 1 is 1.09 bits per heavy atom. The molecule has 0 aliphatic carbocycles. The zero-order valence-corrected chi connectivity index (χ0v) is 21.6. The molecule has 1 aromatic carbocycles. The van der Waals surface area contributed by atoms with Gasteiger partial charge in [0.15, 0.2) is 10.9 Å². The smallest absolute Gasteiger partial charge is 0.348 e. The Morgan fingerprint density at radius 3 is 2.38 bits per heavy atom. The number of carbonyl (C=O) groups excluding carboxylic acids is 2. The van der Waals surface area contributed by atoms with Gasteiger partial charge < -0.3 is 20.1 Å². The summed E-state index contributed by atoms with van der Waals surface area (Å²) < 4.78 is 12.1. The molecule has 8 nitrogen and oxygen atoms in total. The zero-order chi connectivity index (χ0) is 24.8. The number of halogens is 1. The van der Waals surface area contributed by atoms with E-state index in [-0.39, 0.29) is 23.9 Å². The topological polar surface area (TPSA) is 94.5 Å². The molecule has 3 aromatic rings. The first-order valence-electron chi connectivity index (χ1n) is 10.6. The van der Waals surface area contributed by atoms with Crippen molar-refractivity contribution < 1.29 is 19.1 Å². The van der Waals surface area contributed by atoms with Gasteiger partial charge in [-0.2, -0.15) is 5.10 Å². The van der Waals surface area contributed by atoms with Crippen molar-refractivity contribution in [2.24, 2.45) is 0 Å². The van der Waals surface area contributed by atoms with E-state index in [1.807, 2.05) is 41.9 Å². The average molecular weight is 521 g/mol. The number of nitrogens with zero attached hydrogens (tertiary/aromatic N) is 2. The second-order valence-corrected chi connectivity index (χ2v) is 9.10. The van der Waals surface area contributed by atoms with Gasteiger partial charge in [-0.15, -0.1) is 11.3 Å². The number of benzene rings is 1. The van der Waals surface area contributed by atoms with Gasteiger partial charge in [-0.3, -0.25) is 4.68 Å². The van der Waals surface area contributed by atoms with Crippen LogP contribution in [0.3, 0.4) is 0 Å². The first-order chi connectivity index (χ1) is 16.2. The van der Waals surface area contributed by atoms with Crippen LogP contribution in [0.4, 0.5) is 10.8 Å². The predicted molar refractivity (Wildman–Crippen MR) is 138 cm³/mol. The van der Waals surface area contributed by atoms with Crippen LogP contribution in [0, 0.1) is 13.8 Å². The van der Waals surface area contributed by atoms with E-state index in [1.165, 1.54) is 0 Å². The summed E-state index contributed by atoms with van der Waals surface area (Å²) in [6.45, 7) is 8.06. The number of aromatic nitrogens is 2. The van der Waals surface area contributed by atoms with Gasteiger partial charge in [0.05, 0.1) is 25.3 Å². The number of esters is 2. The highest BCUT2D eigenvalue weighted by atomic mass is 35.5. The number of carbonyl (C=O) groups is 2. The van der Waals surface area contributed by atoms with Crippen molar-refractivity contribution in [1.29, 1.82) is 0 Å². The van der Waals surface area contributed by atoms with Gasteiger partial charge in [0, 0.05) is 16.8 Å². The summed E-state index contributed by atoms with van der Waals surface area (Å²) in [6.07, 6.45) is 0. The fourth-order valence-corrected chi connectivity index (χ4v) is 4.68. The molecule has 11 heteroatoms. The zero-order valence-electron chi connectivity index (χ0n) is 19.2. The molecule has 2 heterocycles. The first kappa shape index (κ1) is 25.7. The van der Waals surface area contributed by atoms with Crippen LogP contribution < -0.4 is 10.6 Å². The first-order valence-corrected chi connectivity index (χ1v) is 12.2. The molecule has 34 heavy (non-hydrogen) atoms. The molecule has 0 amide bonds. The van der Waals surface area contributed by atoms with Crippen LogP contribution in [0.15, 0.2) is 30.3 Å². The van der Waals surface area contributed by atoms with E-state index in [9.17, 15) is 9.59 Å². The molecule has 2 aromatic heterocycles. The Morgan fingerprint density at radius 2 is 1.74 bits per heavy atom. The maximum Gasteiger partial charge on any atom is 0.348 e. The lowest BCUT2D eigenvalue weighted by molar-refractivity contribution is 0.0527. The number of aryl methyl sites for hydroxylation is 1. The third-order valence-corrected chi connectivity index (χ3v) is 6.43. The number of ether oxygens (including phenoxy) is 2. The lowest BCUT2D eigenvalue weighted by atomic mass is 10.1. The fourth-order valence-electron chi connectivity index (χ4n) is 3.19. The fraction of sp³-hybridized carbons (Fsp3) is 0.304. The maximum atomic E-state index is 12.6. The van der Waals surface area contributed by atoms with Gasteiger partial charge in [0.2, 0.25) is 0 Å². The Hall–Kier alpha value is -2.95. The minimum absolute atomic E-state index is 0.204. The molecule has 180 valence electrons. The standard InChI is InChI=1S/C23H25ClN4O4S2/c1-5-31-21(29)18-14(4)19(22(30)32-6-2)34-20(18)26-23(33)25-17-11-13(3)28(27-17)12-15-7-9-16(24)10-8-15/h7-11H,5-6,12H2,1-4H3,(H2,25,26,27,33). The van der Waals surface area contributed by atoms with Crippen LogP contribution in [-0.2, 0) is 16.0 Å². The van der Waals surface area contributed by atoms with Crippen molar-refractivity contribution in [2.45, 2.75) is 34.2 Å². The summed E-state index contributed by atoms with van der Waals surface area (Å²) in [7, 11) is 0. The number of anilines is 2. The van der Waals surface area contributed by atoms with Crippen LogP contribution >= 0.6 is 35.2 Å². The Labute approximate surface area is 212 Å². The van der Waals surface area contributed by atoms with E-state index in [0.717, 1.165) is 22.6 Å². The summed E-state index contributed by atoms with van der Waals surface area (Å²) in [5, 5.41) is 11.9. The molecule has 0 saturated carbocycles. The molecular weight excluding hydrogens is 496 g/mol. The molecule has 0 aliphatic heterocycles. The quantitative estimate of drug-likeness (QED) is 0.300. The molecule has 0 aliphatic rings. The van der Waals surface area contributed by atoms with Crippen molar-refractivity contribution in [2.75, 3.05) is 23.8 Å². The number of hydrogen-bond acceptors (Lipinski definition) is 7. The van der Waals surface area contributed by atoms with Crippen molar-refractivity contribution in [3.63, 3.8) is 0 Å². The second-order valence-electron chi connectivity index (χ2n) is 7.24. The largest absolute Gasteiger partial charge is 0.462 e. The summed E-state index contributed by atoms with van der Waals surface area (Å²) >= 11 is 12.5. The van der Waals surface area contributed by atoms with Gasteiger partial charge in [-0.05, 0) is 63.2 Å². The number of hydrogen-bond donors (Lipinski definition) is 2. The highest BCUT2D eigenvalue weighted by Gasteiger charge is 2.27. The molecular formula is C23H25ClN4O4S2. The van der Waals surface area contributed by atoms with E-state index in [0.29, 0.717) is 32.8 Å². The number of thiophene rings is 1. The normalized spacial score (nSPS) is 10.6. The summed E-state index contributed by atoms with van der Waals surface area (Å²) in [6, 6.07) is 9.42. The Kier molecular flexibility index (Phi) is 8.65. The molecule has 0 saturated heterocycles. The summed E-state index contributed by atoms with van der Waals surface area (Å²) in [5.41, 5.74) is 2.73. The monoisotopic (exact) mass is 520 g/mol. The summed E-state index contributed by atoms with van der Waals surface area (Å²) in [4.78, 5) is 25.2. The van der Waals surface area contributed by atoms with Gasteiger partial charge >= 0.3 is 11.9 Å². The predicted octanol–water partition coefficient (Wildman–Crippen LogP) is 5.43. The van der Waals surface area contributed by atoms with E-state index >= 15 is 0 Å². The molecule has 0 atom stereocenters. The number of rotatable bonds is 8. The van der Waals surface area contributed by atoms with Crippen molar-refractivity contribution in [1.82, 2.24) is 9.78 Å². The lowest BCUT2D eigenvalue weighted by Crippen LogP contribution is -2.20. The van der Waals surface area contributed by atoms with Crippen LogP contribution in [0.5, 0.6) is 0 Å². The lowest BCUT2D eigenvalue weighted by Gasteiger charge is -2.09. The highest BCUT2D eigenvalue weighted by molar-refractivity contribution is 7.80. The Bertz CT molecular complexity index is 1200. The average Bonchev–Trinajstić information content (AvgIpc) is 3.28. The third kappa shape index (κ3) is 6.13. The SMILES string of the molecule is CCOC(=O)c1sc(NC(=S)Nc2cc(C)n(Cc3ccc(Cl)cc3)n2)c(C(=O)OCC)c1C. The minimum Gasteiger partial charge on any atom is -0.462 e. The summed E-state index contributed by atoms with van der Waals surface area (Å²) in [5.74, 6) is -0.500. The molecule has 0 radical (unpaired) electrons. The maximum absolute atomic E-state index is 12.6. The van der Waals surface area contributed by atoms with Crippen LogP contribution in [-0.4, -0.2) is 40.0 Å². The van der Waals surface area contributed by atoms with Crippen LogP contribution in [0.2, 0.25) is 5.02 Å². The van der Waals surface area contributed by atoms with Gasteiger partial charge in [-0.1, -0.05) is 23.7 Å². The van der Waals surface area contributed by atoms with E-state index in [2.05, 4.69) is 15.7 Å². The van der Waals surface area contributed by atoms with Gasteiger partial charge in [0.25, 0.3) is 0 Å². The van der Waals surface area contributed by atoms with Gasteiger partial charge in [-0.25, -0.2) is 9.59 Å². The molecule has 0 spiro atoms. The minimum atomic E-state index is -0.541. The van der Waals surface area contributed by atoms with Crippen molar-refractivity contribution in [3.05, 3.63) is 62.6 Å². The highest BCUT2D eigenvalue weighted by Crippen LogP contribution is 2.34. The third-order valence-electron chi connectivity index (χ3n) is 4.78. The second kappa shape index (κ2) is 11.5. The molecule has 3 rings (SSSR count). The van der Waals surface area contributed by atoms with E-state index < -0.39 is 11.9 Å². The Balaban J connectivity index is 1.77. The molecule has 0 bridgehead atoms. The molecule has 0 unspecified atom stereocenters. The van der Waals surface area contributed by atoms with E-state index in [4.69, 9.17) is 33.3 Å². The van der Waals surface area contributed by atoms with Crippen LogP contribution in [0.1, 0.15) is 50.7 Å². The van der Waals surface area contributed by atoms with Crippen molar-refractivity contribution >= 4 is 63.0 Å². The van der Waals surface area contributed by atoms with Gasteiger partial charge in [0.1, 0.15) is 9.88 Å². The number of thiocarbonyl (C=S) groups is 1. The molecule has 0 fully saturated rings. The van der Waals surface area contributed by atoms with E-state index in [1.54, 1.807) is 20.8 Å². The molecule has 2 N–H and O–H groups in total. The van der Waals surface area contributed by atoms with Crippen molar-refractivity contribution in [3.8, 4) is 0 Å².